The van der Waals surface area contributed by atoms with Crippen LogP contribution in [-0.2, 0) is 0 Å². The number of hydrogen-bond donors (Lipinski definition) is 2. The molecule has 0 aromatic heterocycles. The van der Waals surface area contributed by atoms with E-state index in [2.05, 4.69) is 12.2 Å². The fourth-order valence-electron chi connectivity index (χ4n) is 2.17. The Balaban J connectivity index is 2.33. The molecular weight excluding hydrogens is 320 g/mol. The highest BCUT2D eigenvalue weighted by atomic mass is 35.5. The first-order valence-corrected chi connectivity index (χ1v) is 8.53. The molecule has 5 heteroatoms. The van der Waals surface area contributed by atoms with Gasteiger partial charge in [-0.3, -0.25) is 0 Å². The monoisotopic (exact) mass is 336 g/mol. The van der Waals surface area contributed by atoms with Gasteiger partial charge in [0.25, 0.3) is 0 Å². The van der Waals surface area contributed by atoms with Crippen LogP contribution >= 0.6 is 35.6 Å². The minimum atomic E-state index is 0.105. The maximum Gasteiger partial charge on any atom is 0.107 e. The van der Waals surface area contributed by atoms with E-state index < -0.39 is 0 Å². The Morgan fingerprint density at radius 1 is 1.29 bits per heavy atom. The van der Waals surface area contributed by atoms with E-state index in [-0.39, 0.29) is 6.04 Å². The largest absolute Gasteiger partial charge is 0.389 e. The van der Waals surface area contributed by atoms with Crippen molar-refractivity contribution in [1.29, 1.82) is 0 Å². The third-order valence-electron chi connectivity index (χ3n) is 3.21. The van der Waals surface area contributed by atoms with Crippen LogP contribution in [0.15, 0.2) is 47.4 Å². The Hall–Kier alpha value is -1.23. The number of benzene rings is 2. The zero-order valence-corrected chi connectivity index (χ0v) is 14.3. The van der Waals surface area contributed by atoms with Crippen molar-refractivity contribution in [1.82, 2.24) is 0 Å². The highest BCUT2D eigenvalue weighted by Gasteiger charge is 2.13. The van der Waals surface area contributed by atoms with Gasteiger partial charge in [-0.15, -0.1) is 11.8 Å². The highest BCUT2D eigenvalue weighted by Crippen LogP contribution is 2.30. The van der Waals surface area contributed by atoms with Crippen LogP contribution in [0.4, 0.5) is 5.69 Å². The van der Waals surface area contributed by atoms with Gasteiger partial charge in [-0.2, -0.15) is 0 Å². The second kappa shape index (κ2) is 7.16. The maximum atomic E-state index is 6.05. The molecule has 1 atom stereocenters. The summed E-state index contributed by atoms with van der Waals surface area (Å²) in [7, 11) is 0. The Bertz CT molecular complexity index is 658. The minimum absolute atomic E-state index is 0.105. The van der Waals surface area contributed by atoms with Crippen molar-refractivity contribution >= 4 is 46.3 Å². The van der Waals surface area contributed by atoms with E-state index in [1.54, 1.807) is 11.8 Å². The topological polar surface area (TPSA) is 38.0 Å². The van der Waals surface area contributed by atoms with Crippen molar-refractivity contribution in [3.8, 4) is 0 Å². The summed E-state index contributed by atoms with van der Waals surface area (Å²) in [5.74, 6) is 0. The molecule has 0 aliphatic rings. The van der Waals surface area contributed by atoms with Gasteiger partial charge in [-0.05, 0) is 43.0 Å². The lowest BCUT2D eigenvalue weighted by molar-refractivity contribution is 0.883. The second-order valence-corrected chi connectivity index (χ2v) is 6.39. The van der Waals surface area contributed by atoms with E-state index in [1.165, 1.54) is 0 Å². The van der Waals surface area contributed by atoms with Gasteiger partial charge in [-0.25, -0.2) is 0 Å². The fraction of sp³-hybridized carbons (Fsp3) is 0.188. The molecule has 2 aromatic rings. The van der Waals surface area contributed by atoms with E-state index in [0.717, 1.165) is 26.7 Å². The van der Waals surface area contributed by atoms with Gasteiger partial charge in [0.2, 0.25) is 0 Å². The molecule has 0 aliphatic carbocycles. The van der Waals surface area contributed by atoms with Crippen molar-refractivity contribution in [3.63, 3.8) is 0 Å². The first kappa shape index (κ1) is 16.1. The summed E-state index contributed by atoms with van der Waals surface area (Å²) in [6, 6.07) is 13.9. The molecule has 110 valence electrons. The van der Waals surface area contributed by atoms with Crippen LogP contribution in [0.5, 0.6) is 0 Å². The van der Waals surface area contributed by atoms with Crippen molar-refractivity contribution in [3.05, 3.63) is 58.6 Å². The van der Waals surface area contributed by atoms with E-state index in [0.29, 0.717) is 4.99 Å². The first-order chi connectivity index (χ1) is 10.0. The molecule has 0 fully saturated rings. The Morgan fingerprint density at radius 2 is 2.00 bits per heavy atom. The molecule has 21 heavy (non-hydrogen) atoms. The zero-order chi connectivity index (χ0) is 15.4. The molecule has 0 amide bonds. The third-order valence-corrected chi connectivity index (χ3v) is 4.43. The van der Waals surface area contributed by atoms with Crippen LogP contribution in [0.1, 0.15) is 24.1 Å². The Kier molecular flexibility index (Phi) is 5.51. The molecular formula is C16H17ClN2S2. The molecule has 2 rings (SSSR count). The van der Waals surface area contributed by atoms with Crippen molar-refractivity contribution in [2.45, 2.75) is 17.9 Å². The standard InChI is InChI=1S/C16H17ClN2S2/c1-10(11-5-3-6-12(17)9-11)19-13-7-4-8-14(21-2)15(13)16(18)20/h3-10,19H,1-2H3,(H2,18,20). The number of thioether (sulfide) groups is 1. The molecule has 0 spiro atoms. The summed E-state index contributed by atoms with van der Waals surface area (Å²) in [5, 5.41) is 4.20. The van der Waals surface area contributed by atoms with E-state index in [1.807, 2.05) is 48.7 Å². The molecule has 2 nitrogen and oxygen atoms in total. The van der Waals surface area contributed by atoms with Crippen molar-refractivity contribution < 1.29 is 0 Å². The van der Waals surface area contributed by atoms with Crippen LogP contribution < -0.4 is 11.1 Å². The molecule has 0 heterocycles. The minimum Gasteiger partial charge on any atom is -0.389 e. The zero-order valence-electron chi connectivity index (χ0n) is 11.9. The lowest BCUT2D eigenvalue weighted by atomic mass is 10.1. The molecule has 0 aliphatic heterocycles. The number of hydrogen-bond acceptors (Lipinski definition) is 3. The van der Waals surface area contributed by atoms with E-state index in [4.69, 9.17) is 29.6 Å². The first-order valence-electron chi connectivity index (χ1n) is 6.51. The summed E-state index contributed by atoms with van der Waals surface area (Å²) in [6.07, 6.45) is 2.02. The lowest BCUT2D eigenvalue weighted by Gasteiger charge is -2.20. The van der Waals surface area contributed by atoms with E-state index >= 15 is 0 Å². The maximum absolute atomic E-state index is 6.05. The van der Waals surface area contributed by atoms with E-state index in [9.17, 15) is 0 Å². The van der Waals surface area contributed by atoms with Crippen molar-refractivity contribution in [2.75, 3.05) is 11.6 Å². The van der Waals surface area contributed by atoms with Gasteiger partial charge in [0.1, 0.15) is 4.99 Å². The summed E-state index contributed by atoms with van der Waals surface area (Å²) in [5.41, 5.74) is 8.85. The van der Waals surface area contributed by atoms with Gasteiger partial charge in [0.15, 0.2) is 0 Å². The number of anilines is 1. The molecule has 0 saturated carbocycles. The fourth-order valence-corrected chi connectivity index (χ4v) is 3.29. The Morgan fingerprint density at radius 3 is 2.62 bits per heavy atom. The third kappa shape index (κ3) is 3.90. The number of nitrogens with two attached hydrogens (primary N) is 1. The van der Waals surface area contributed by atoms with Gasteiger partial charge in [-0.1, -0.05) is 42.0 Å². The van der Waals surface area contributed by atoms with Gasteiger partial charge >= 0.3 is 0 Å². The molecule has 2 aromatic carbocycles. The predicted molar refractivity (Wildman–Crippen MR) is 97.6 cm³/mol. The summed E-state index contributed by atoms with van der Waals surface area (Å²) in [4.78, 5) is 1.48. The quantitative estimate of drug-likeness (QED) is 0.603. The molecule has 0 bridgehead atoms. The Labute approximate surface area is 140 Å². The SMILES string of the molecule is CSc1cccc(NC(C)c2cccc(Cl)c2)c1C(N)=S. The van der Waals surface area contributed by atoms with Crippen molar-refractivity contribution in [2.24, 2.45) is 5.73 Å². The summed E-state index contributed by atoms with van der Waals surface area (Å²) < 4.78 is 0. The second-order valence-electron chi connectivity index (χ2n) is 4.67. The molecule has 0 radical (unpaired) electrons. The molecule has 1 unspecified atom stereocenters. The molecule has 0 saturated heterocycles. The summed E-state index contributed by atoms with van der Waals surface area (Å²) in [6.45, 7) is 2.08. The normalized spacial score (nSPS) is 12.0. The number of thiocarbonyl (C=S) groups is 1. The number of rotatable bonds is 5. The lowest BCUT2D eigenvalue weighted by Crippen LogP contribution is -2.16. The van der Waals surface area contributed by atoms with Gasteiger partial charge < -0.3 is 11.1 Å². The molecule has 3 N–H and O–H groups in total. The van der Waals surface area contributed by atoms with Crippen LogP contribution in [0.25, 0.3) is 0 Å². The van der Waals surface area contributed by atoms with Crippen LogP contribution in [0, 0.1) is 0 Å². The van der Waals surface area contributed by atoms with Gasteiger partial charge in [0, 0.05) is 27.2 Å². The number of halogens is 1. The van der Waals surface area contributed by atoms with Gasteiger partial charge in [0.05, 0.1) is 0 Å². The average molecular weight is 337 g/mol. The smallest absolute Gasteiger partial charge is 0.107 e. The summed E-state index contributed by atoms with van der Waals surface area (Å²) >= 11 is 12.9. The van der Waals surface area contributed by atoms with Crippen LogP contribution in [0.2, 0.25) is 5.02 Å². The average Bonchev–Trinajstić information content (AvgIpc) is 2.46. The van der Waals surface area contributed by atoms with Crippen LogP contribution in [0.3, 0.4) is 0 Å². The van der Waals surface area contributed by atoms with Crippen LogP contribution in [-0.4, -0.2) is 11.2 Å². The number of nitrogens with one attached hydrogen (secondary N) is 1. The highest BCUT2D eigenvalue weighted by molar-refractivity contribution is 7.98. The predicted octanol–water partition coefficient (Wildman–Crippen LogP) is 4.87.